The lowest BCUT2D eigenvalue weighted by molar-refractivity contribution is 0.261. The van der Waals surface area contributed by atoms with Crippen molar-refractivity contribution in [2.75, 3.05) is 10.6 Å². The standard InChI is InChI=1S/C24H22N4O3/c1-16-8-3-4-10-19(16)26-24(30)27-20-11-5-6-12-21(20)31-15-18-14-22(29)28-13-7-9-17(2)23(28)25-18/h3-14H,15H2,1-2H3,(H2,26,27,30). The highest BCUT2D eigenvalue weighted by Gasteiger charge is 2.10. The SMILES string of the molecule is Cc1ccccc1NC(=O)Nc1ccccc1OCc1cc(=O)n2cccc(C)c2n1. The van der Waals surface area contributed by atoms with Crippen LogP contribution in [-0.4, -0.2) is 15.4 Å². The number of nitrogens with one attached hydrogen (secondary N) is 2. The van der Waals surface area contributed by atoms with E-state index in [9.17, 15) is 9.59 Å². The van der Waals surface area contributed by atoms with Gasteiger partial charge in [-0.15, -0.1) is 0 Å². The Morgan fingerprint density at radius 3 is 2.42 bits per heavy atom. The number of urea groups is 1. The molecule has 0 aliphatic heterocycles. The Labute approximate surface area is 179 Å². The molecule has 0 unspecified atom stereocenters. The van der Waals surface area contributed by atoms with Crippen LogP contribution in [0.5, 0.6) is 5.75 Å². The van der Waals surface area contributed by atoms with Gasteiger partial charge in [-0.25, -0.2) is 9.78 Å². The fourth-order valence-corrected chi connectivity index (χ4v) is 3.22. The van der Waals surface area contributed by atoms with Crippen molar-refractivity contribution < 1.29 is 9.53 Å². The van der Waals surface area contributed by atoms with Crippen LogP contribution in [0.1, 0.15) is 16.8 Å². The van der Waals surface area contributed by atoms with E-state index < -0.39 is 0 Å². The van der Waals surface area contributed by atoms with E-state index in [1.165, 1.54) is 10.5 Å². The number of pyridine rings is 1. The van der Waals surface area contributed by atoms with Crippen molar-refractivity contribution in [3.05, 3.63) is 100 Å². The third-order valence-electron chi connectivity index (χ3n) is 4.84. The van der Waals surface area contributed by atoms with Crippen molar-refractivity contribution in [3.63, 3.8) is 0 Å². The first kappa shape index (κ1) is 20.2. The van der Waals surface area contributed by atoms with Crippen LogP contribution in [0.3, 0.4) is 0 Å². The molecule has 0 bridgehead atoms. The molecule has 2 aromatic carbocycles. The van der Waals surface area contributed by atoms with Crippen LogP contribution < -0.4 is 20.9 Å². The zero-order valence-corrected chi connectivity index (χ0v) is 17.3. The molecule has 0 atom stereocenters. The molecule has 0 spiro atoms. The van der Waals surface area contributed by atoms with Gasteiger partial charge in [0.15, 0.2) is 0 Å². The number of amides is 2. The maximum Gasteiger partial charge on any atom is 0.323 e. The van der Waals surface area contributed by atoms with Crippen LogP contribution in [0.2, 0.25) is 0 Å². The molecule has 156 valence electrons. The number of nitrogens with zero attached hydrogens (tertiary/aromatic N) is 2. The molecule has 0 saturated carbocycles. The van der Waals surface area contributed by atoms with E-state index in [0.29, 0.717) is 22.8 Å². The van der Waals surface area contributed by atoms with Crippen molar-refractivity contribution in [3.8, 4) is 5.75 Å². The average Bonchev–Trinajstić information content (AvgIpc) is 2.75. The largest absolute Gasteiger partial charge is 0.485 e. The maximum absolute atomic E-state index is 12.5. The predicted molar refractivity (Wildman–Crippen MR) is 121 cm³/mol. The number of hydrogen-bond acceptors (Lipinski definition) is 4. The Bertz CT molecular complexity index is 1310. The highest BCUT2D eigenvalue weighted by atomic mass is 16.5. The van der Waals surface area contributed by atoms with Gasteiger partial charge in [-0.1, -0.05) is 36.4 Å². The molecule has 0 fully saturated rings. The Morgan fingerprint density at radius 1 is 0.935 bits per heavy atom. The smallest absolute Gasteiger partial charge is 0.323 e. The van der Waals surface area contributed by atoms with Crippen LogP contribution >= 0.6 is 0 Å². The summed E-state index contributed by atoms with van der Waals surface area (Å²) in [5, 5.41) is 5.64. The van der Waals surface area contributed by atoms with Gasteiger partial charge in [-0.2, -0.15) is 0 Å². The Balaban J connectivity index is 1.50. The van der Waals surface area contributed by atoms with Gasteiger partial charge in [0.1, 0.15) is 18.0 Å². The molecule has 4 aromatic rings. The van der Waals surface area contributed by atoms with Gasteiger partial charge in [0.25, 0.3) is 5.56 Å². The Hall–Kier alpha value is -4.13. The minimum Gasteiger partial charge on any atom is -0.485 e. The molecule has 2 N–H and O–H groups in total. The van der Waals surface area contributed by atoms with Gasteiger partial charge >= 0.3 is 6.03 Å². The van der Waals surface area contributed by atoms with E-state index in [-0.39, 0.29) is 18.2 Å². The molecule has 2 aromatic heterocycles. The molecule has 0 aliphatic carbocycles. The number of aryl methyl sites for hydroxylation is 2. The number of aromatic nitrogens is 2. The zero-order valence-electron chi connectivity index (χ0n) is 17.3. The van der Waals surface area contributed by atoms with E-state index in [1.54, 1.807) is 24.4 Å². The first-order chi connectivity index (χ1) is 15.0. The topological polar surface area (TPSA) is 84.7 Å². The molecular weight excluding hydrogens is 392 g/mol. The average molecular weight is 414 g/mol. The van der Waals surface area contributed by atoms with Crippen LogP contribution in [0.25, 0.3) is 5.65 Å². The first-order valence-electron chi connectivity index (χ1n) is 9.84. The lowest BCUT2D eigenvalue weighted by atomic mass is 10.2. The molecule has 2 heterocycles. The van der Waals surface area contributed by atoms with E-state index in [2.05, 4.69) is 15.6 Å². The van der Waals surface area contributed by atoms with E-state index in [0.717, 1.165) is 16.8 Å². The van der Waals surface area contributed by atoms with E-state index in [4.69, 9.17) is 4.74 Å². The molecule has 0 saturated heterocycles. The second-order valence-electron chi connectivity index (χ2n) is 7.15. The number of anilines is 2. The predicted octanol–water partition coefficient (Wildman–Crippen LogP) is 4.53. The van der Waals surface area contributed by atoms with Crippen LogP contribution in [0, 0.1) is 13.8 Å². The van der Waals surface area contributed by atoms with Crippen LogP contribution in [0.15, 0.2) is 77.7 Å². The molecule has 0 radical (unpaired) electrons. The summed E-state index contributed by atoms with van der Waals surface area (Å²) in [6.45, 7) is 3.92. The number of benzene rings is 2. The van der Waals surface area contributed by atoms with Crippen molar-refractivity contribution in [1.29, 1.82) is 0 Å². The minimum atomic E-state index is -0.372. The monoisotopic (exact) mass is 414 g/mol. The highest BCUT2D eigenvalue weighted by Crippen LogP contribution is 2.25. The Kier molecular flexibility index (Phi) is 5.66. The summed E-state index contributed by atoms with van der Waals surface area (Å²) in [6.07, 6.45) is 1.69. The number of fused-ring (bicyclic) bond motifs is 1. The molecule has 0 aliphatic rings. The molecule has 4 rings (SSSR count). The van der Waals surface area contributed by atoms with Crippen LogP contribution in [-0.2, 0) is 6.61 Å². The second kappa shape index (κ2) is 8.71. The summed E-state index contributed by atoms with van der Waals surface area (Å²) in [5.74, 6) is 0.481. The highest BCUT2D eigenvalue weighted by molar-refractivity contribution is 6.01. The van der Waals surface area contributed by atoms with Crippen molar-refractivity contribution in [2.45, 2.75) is 20.5 Å². The van der Waals surface area contributed by atoms with Gasteiger partial charge in [0, 0.05) is 18.0 Å². The minimum absolute atomic E-state index is 0.0954. The van der Waals surface area contributed by atoms with Gasteiger partial charge in [0.2, 0.25) is 0 Å². The fourth-order valence-electron chi connectivity index (χ4n) is 3.22. The van der Waals surface area contributed by atoms with Gasteiger partial charge < -0.3 is 15.4 Å². The molecular formula is C24H22N4O3. The molecule has 31 heavy (non-hydrogen) atoms. The summed E-state index contributed by atoms with van der Waals surface area (Å²) in [4.78, 5) is 29.4. The summed E-state index contributed by atoms with van der Waals surface area (Å²) in [6, 6.07) is 19.4. The number of carbonyl (C=O) groups is 1. The molecule has 2 amide bonds. The quantitative estimate of drug-likeness (QED) is 0.502. The summed E-state index contributed by atoms with van der Waals surface area (Å²) in [7, 11) is 0. The van der Waals surface area contributed by atoms with Gasteiger partial charge in [-0.05, 0) is 49.2 Å². The third kappa shape index (κ3) is 4.56. The van der Waals surface area contributed by atoms with Crippen molar-refractivity contribution in [1.82, 2.24) is 9.38 Å². The van der Waals surface area contributed by atoms with Crippen molar-refractivity contribution in [2.24, 2.45) is 0 Å². The summed E-state index contributed by atoms with van der Waals surface area (Å²) < 4.78 is 7.39. The first-order valence-corrected chi connectivity index (χ1v) is 9.84. The number of rotatable bonds is 5. The van der Waals surface area contributed by atoms with E-state index >= 15 is 0 Å². The van der Waals surface area contributed by atoms with Gasteiger partial charge in [0.05, 0.1) is 11.4 Å². The molecule has 7 heteroatoms. The summed E-state index contributed by atoms with van der Waals surface area (Å²) >= 11 is 0. The van der Waals surface area contributed by atoms with Gasteiger partial charge in [-0.3, -0.25) is 9.20 Å². The number of hydrogen-bond donors (Lipinski definition) is 2. The van der Waals surface area contributed by atoms with Crippen LogP contribution in [0.4, 0.5) is 16.2 Å². The number of carbonyl (C=O) groups excluding carboxylic acids is 1. The lowest BCUT2D eigenvalue weighted by Crippen LogP contribution is -2.20. The Morgan fingerprint density at radius 2 is 1.61 bits per heavy atom. The normalized spacial score (nSPS) is 10.6. The third-order valence-corrected chi connectivity index (χ3v) is 4.84. The second-order valence-corrected chi connectivity index (χ2v) is 7.15. The molecule has 7 nitrogen and oxygen atoms in total. The maximum atomic E-state index is 12.5. The zero-order chi connectivity index (χ0) is 21.8. The number of para-hydroxylation sites is 3. The number of ether oxygens (including phenoxy) is 1. The van der Waals surface area contributed by atoms with E-state index in [1.807, 2.05) is 56.3 Å². The lowest BCUT2D eigenvalue weighted by Gasteiger charge is -2.14. The summed E-state index contributed by atoms with van der Waals surface area (Å²) in [5.41, 5.74) is 4.05. The van der Waals surface area contributed by atoms with Crippen molar-refractivity contribution >= 4 is 23.1 Å². The fraction of sp³-hybridized carbons (Fsp3) is 0.125.